The number of nitro groups is 2. The third kappa shape index (κ3) is 2.79. The van der Waals surface area contributed by atoms with Gasteiger partial charge in [-0.25, -0.2) is 0 Å². The smallest absolute Gasteiger partial charge is 0.258 e. The zero-order valence-electron chi connectivity index (χ0n) is 17.7. The molecule has 2 bridgehead atoms. The van der Waals surface area contributed by atoms with E-state index in [0.29, 0.717) is 26.2 Å². The molecule has 6 nitrogen and oxygen atoms in total. The lowest BCUT2D eigenvalue weighted by Crippen LogP contribution is -2.43. The molecular formula is C26H13Cl3N2O4. The van der Waals surface area contributed by atoms with Crippen molar-refractivity contribution < 1.29 is 9.85 Å². The molecule has 4 aromatic rings. The Morgan fingerprint density at radius 3 is 1.97 bits per heavy atom. The number of benzene rings is 4. The molecule has 3 aliphatic carbocycles. The monoisotopic (exact) mass is 522 g/mol. The Labute approximate surface area is 214 Å². The van der Waals surface area contributed by atoms with Crippen molar-refractivity contribution in [1.82, 2.24) is 0 Å². The summed E-state index contributed by atoms with van der Waals surface area (Å²) in [5.74, 6) is -0.313. The van der Waals surface area contributed by atoms with Gasteiger partial charge >= 0.3 is 0 Å². The Hall–Kier alpha value is -3.45. The van der Waals surface area contributed by atoms with Crippen molar-refractivity contribution >= 4 is 46.2 Å². The molecule has 0 fully saturated rings. The van der Waals surface area contributed by atoms with Gasteiger partial charge < -0.3 is 0 Å². The van der Waals surface area contributed by atoms with Crippen LogP contribution in [0, 0.1) is 20.2 Å². The Kier molecular flexibility index (Phi) is 4.74. The maximum atomic E-state index is 11.8. The van der Waals surface area contributed by atoms with E-state index in [-0.39, 0.29) is 5.92 Å². The van der Waals surface area contributed by atoms with Gasteiger partial charge in [0.25, 0.3) is 11.4 Å². The van der Waals surface area contributed by atoms with Crippen molar-refractivity contribution in [3.63, 3.8) is 0 Å². The lowest BCUT2D eigenvalue weighted by atomic mass is 9.51. The second kappa shape index (κ2) is 7.52. The minimum atomic E-state index is -1.21. The van der Waals surface area contributed by atoms with Crippen LogP contribution in [-0.2, 0) is 5.41 Å². The molecule has 4 aromatic carbocycles. The van der Waals surface area contributed by atoms with Gasteiger partial charge in [0.2, 0.25) is 0 Å². The Bertz CT molecular complexity index is 1590. The van der Waals surface area contributed by atoms with Gasteiger partial charge in [0.15, 0.2) is 0 Å². The van der Waals surface area contributed by atoms with Crippen molar-refractivity contribution in [3.8, 4) is 0 Å². The molecule has 7 rings (SSSR count). The van der Waals surface area contributed by atoms with E-state index in [9.17, 15) is 20.2 Å². The van der Waals surface area contributed by atoms with Gasteiger partial charge in [0, 0.05) is 33.1 Å². The second-order valence-electron chi connectivity index (χ2n) is 8.54. The highest BCUT2D eigenvalue weighted by Gasteiger charge is 2.55. The average Bonchev–Trinajstić information content (AvgIpc) is 2.85. The quantitative estimate of drug-likeness (QED) is 0.176. The van der Waals surface area contributed by atoms with Crippen LogP contribution in [0.15, 0.2) is 72.8 Å². The van der Waals surface area contributed by atoms with E-state index < -0.39 is 26.6 Å². The van der Waals surface area contributed by atoms with Crippen LogP contribution in [0.5, 0.6) is 0 Å². The molecule has 1 unspecified atom stereocenters. The topological polar surface area (TPSA) is 86.3 Å². The average molecular weight is 524 g/mol. The van der Waals surface area contributed by atoms with Crippen molar-refractivity contribution in [2.24, 2.45) is 0 Å². The molecule has 0 saturated heterocycles. The maximum absolute atomic E-state index is 11.8. The normalized spacial score (nSPS) is 19.0. The van der Waals surface area contributed by atoms with Gasteiger partial charge in [-0.1, -0.05) is 71.2 Å². The first kappa shape index (κ1) is 22.0. The number of nitro benzene ring substituents is 2. The van der Waals surface area contributed by atoms with Gasteiger partial charge in [0.05, 0.1) is 21.3 Å². The van der Waals surface area contributed by atoms with Crippen LogP contribution in [-0.4, -0.2) is 9.85 Å². The zero-order chi connectivity index (χ0) is 24.6. The molecule has 0 aromatic heterocycles. The van der Waals surface area contributed by atoms with E-state index in [0.717, 1.165) is 33.9 Å². The van der Waals surface area contributed by atoms with Crippen LogP contribution in [0.3, 0.4) is 0 Å². The minimum absolute atomic E-state index is 0.313. The third-order valence-electron chi connectivity index (χ3n) is 6.98. The molecule has 0 spiro atoms. The summed E-state index contributed by atoms with van der Waals surface area (Å²) in [5, 5.41) is 25.1. The largest absolute Gasteiger partial charge is 0.276 e. The van der Waals surface area contributed by atoms with Crippen LogP contribution in [0.2, 0.25) is 15.1 Å². The molecule has 0 amide bonds. The molecule has 0 heterocycles. The number of hydrogen-bond donors (Lipinski definition) is 0. The van der Waals surface area contributed by atoms with E-state index in [1.165, 1.54) is 12.1 Å². The number of rotatable bonds is 3. The fourth-order valence-electron chi connectivity index (χ4n) is 5.83. The molecule has 172 valence electrons. The van der Waals surface area contributed by atoms with Crippen LogP contribution in [0.25, 0.3) is 0 Å². The number of hydrogen-bond acceptors (Lipinski definition) is 4. The van der Waals surface area contributed by atoms with Crippen molar-refractivity contribution in [2.45, 2.75) is 11.3 Å². The van der Waals surface area contributed by atoms with Gasteiger partial charge in [-0.15, -0.1) is 0 Å². The van der Waals surface area contributed by atoms with E-state index in [1.54, 1.807) is 24.3 Å². The van der Waals surface area contributed by atoms with E-state index in [4.69, 9.17) is 34.8 Å². The highest BCUT2D eigenvalue weighted by Crippen LogP contribution is 2.65. The first-order chi connectivity index (χ1) is 16.8. The molecular weight excluding hydrogens is 511 g/mol. The summed E-state index contributed by atoms with van der Waals surface area (Å²) in [4.78, 5) is 22.4. The van der Waals surface area contributed by atoms with Crippen molar-refractivity contribution in [1.29, 1.82) is 0 Å². The minimum Gasteiger partial charge on any atom is -0.258 e. The van der Waals surface area contributed by atoms with Gasteiger partial charge in [-0.05, 0) is 57.1 Å². The van der Waals surface area contributed by atoms with Gasteiger partial charge in [-0.3, -0.25) is 20.2 Å². The summed E-state index contributed by atoms with van der Waals surface area (Å²) in [7, 11) is 0. The molecule has 3 aliphatic rings. The predicted octanol–water partition coefficient (Wildman–Crippen LogP) is 7.65. The Morgan fingerprint density at radius 1 is 0.686 bits per heavy atom. The summed E-state index contributed by atoms with van der Waals surface area (Å²) in [6.45, 7) is 0. The van der Waals surface area contributed by atoms with E-state index >= 15 is 0 Å². The van der Waals surface area contributed by atoms with Crippen LogP contribution in [0.4, 0.5) is 11.4 Å². The van der Waals surface area contributed by atoms with Gasteiger partial charge in [0.1, 0.15) is 0 Å². The summed E-state index contributed by atoms with van der Waals surface area (Å²) >= 11 is 20.4. The molecule has 0 aliphatic heterocycles. The van der Waals surface area contributed by atoms with Crippen molar-refractivity contribution in [3.05, 3.63) is 147 Å². The molecule has 9 heteroatoms. The molecule has 0 N–H and O–H groups in total. The number of non-ortho nitro benzene ring substituents is 2. The zero-order valence-corrected chi connectivity index (χ0v) is 19.9. The first-order valence-corrected chi connectivity index (χ1v) is 11.7. The van der Waals surface area contributed by atoms with Crippen LogP contribution >= 0.6 is 34.8 Å². The fourth-order valence-corrected chi connectivity index (χ4v) is 6.68. The maximum Gasteiger partial charge on any atom is 0.276 e. The van der Waals surface area contributed by atoms with Gasteiger partial charge in [-0.2, -0.15) is 0 Å². The number of halogens is 3. The summed E-state index contributed by atoms with van der Waals surface area (Å²) in [5.41, 5.74) is 3.06. The Balaban J connectivity index is 1.90. The predicted molar refractivity (Wildman–Crippen MR) is 134 cm³/mol. The highest BCUT2D eigenvalue weighted by molar-refractivity contribution is 6.35. The standard InChI is InChI=1S/C26H13Cl3N2O4/c27-19-7-3-6-18-23(19)22-16-4-1-2-5-17(16)26(18,25-21(29)9-8-20(28)24(22)25)13-10-14(30(32)33)12-15(11-13)31(34)35/h1-12,22H/t22?,26-/m0/s1. The van der Waals surface area contributed by atoms with E-state index in [2.05, 4.69) is 0 Å². The fraction of sp³-hybridized carbons (Fsp3) is 0.0769. The lowest BCUT2D eigenvalue weighted by molar-refractivity contribution is -0.394. The van der Waals surface area contributed by atoms with Crippen molar-refractivity contribution in [2.75, 3.05) is 0 Å². The SMILES string of the molecule is O=[N+]([O-])c1cc([N+](=O)[O-])cc([C@]23c4ccccc4C(c4c(Cl)cccc42)c2c(Cl)ccc(Cl)c23)c1. The summed E-state index contributed by atoms with van der Waals surface area (Å²) in [6.07, 6.45) is 0. The summed E-state index contributed by atoms with van der Waals surface area (Å²) in [6, 6.07) is 20.3. The lowest BCUT2D eigenvalue weighted by Gasteiger charge is -2.51. The molecule has 0 saturated carbocycles. The molecule has 0 radical (unpaired) electrons. The van der Waals surface area contributed by atoms with Crippen LogP contribution < -0.4 is 0 Å². The first-order valence-electron chi connectivity index (χ1n) is 10.6. The second-order valence-corrected chi connectivity index (χ2v) is 9.76. The molecule has 2 atom stereocenters. The van der Waals surface area contributed by atoms with Crippen LogP contribution in [0.1, 0.15) is 44.9 Å². The third-order valence-corrected chi connectivity index (χ3v) is 7.96. The Morgan fingerprint density at radius 2 is 1.29 bits per heavy atom. The number of nitrogens with zero attached hydrogens (tertiary/aromatic N) is 2. The summed E-state index contributed by atoms with van der Waals surface area (Å²) < 4.78 is 0. The molecule has 35 heavy (non-hydrogen) atoms. The van der Waals surface area contributed by atoms with E-state index in [1.807, 2.05) is 30.3 Å². The highest BCUT2D eigenvalue weighted by atomic mass is 35.5.